The third-order valence-electron chi connectivity index (χ3n) is 5.07. The standard InChI is InChI=1S/C21H20N4O3/c1-12-8-9-23-21(28)18-10-13-6-7-14(11-17(13)25(12)18)20(27)24-16-5-3-2-4-15(16)19(22)26/h2-7,10-12H,8-9H2,1H3,(H2,22,26)(H,23,28)(H,24,27). The lowest BCUT2D eigenvalue weighted by Gasteiger charge is -2.15. The minimum atomic E-state index is -0.608. The molecule has 1 atom stereocenters. The Morgan fingerprint density at radius 2 is 1.96 bits per heavy atom. The zero-order valence-electron chi connectivity index (χ0n) is 15.4. The Labute approximate surface area is 161 Å². The van der Waals surface area contributed by atoms with Gasteiger partial charge in [-0.1, -0.05) is 18.2 Å². The van der Waals surface area contributed by atoms with Crippen LogP contribution in [0.1, 0.15) is 50.6 Å². The maximum absolute atomic E-state index is 12.8. The fourth-order valence-corrected chi connectivity index (χ4v) is 3.63. The van der Waals surface area contributed by atoms with Crippen LogP contribution in [0.3, 0.4) is 0 Å². The van der Waals surface area contributed by atoms with E-state index in [-0.39, 0.29) is 23.4 Å². The molecular formula is C21H20N4O3. The summed E-state index contributed by atoms with van der Waals surface area (Å²) >= 11 is 0. The molecule has 7 heteroatoms. The second kappa shape index (κ2) is 6.84. The molecule has 2 aromatic carbocycles. The lowest BCUT2D eigenvalue weighted by molar-refractivity contribution is 0.0949. The number of anilines is 1. The average Bonchev–Trinajstić information content (AvgIpc) is 3.00. The van der Waals surface area contributed by atoms with E-state index < -0.39 is 5.91 Å². The lowest BCUT2D eigenvalue weighted by atomic mass is 10.1. The van der Waals surface area contributed by atoms with Crippen molar-refractivity contribution in [2.45, 2.75) is 19.4 Å². The van der Waals surface area contributed by atoms with Gasteiger partial charge in [-0.15, -0.1) is 0 Å². The number of primary amides is 1. The van der Waals surface area contributed by atoms with Crippen LogP contribution in [-0.2, 0) is 0 Å². The smallest absolute Gasteiger partial charge is 0.267 e. The summed E-state index contributed by atoms with van der Waals surface area (Å²) in [5.74, 6) is -1.07. The molecule has 0 spiro atoms. The molecule has 4 N–H and O–H groups in total. The van der Waals surface area contributed by atoms with Gasteiger partial charge in [0.2, 0.25) is 0 Å². The minimum Gasteiger partial charge on any atom is -0.366 e. The van der Waals surface area contributed by atoms with Crippen molar-refractivity contribution < 1.29 is 14.4 Å². The number of carbonyl (C=O) groups is 3. The molecule has 0 aliphatic carbocycles. The number of hydrogen-bond donors (Lipinski definition) is 3. The monoisotopic (exact) mass is 376 g/mol. The quantitative estimate of drug-likeness (QED) is 0.654. The van der Waals surface area contributed by atoms with Crippen LogP contribution in [0.25, 0.3) is 10.9 Å². The number of benzene rings is 2. The van der Waals surface area contributed by atoms with E-state index in [1.54, 1.807) is 36.4 Å². The summed E-state index contributed by atoms with van der Waals surface area (Å²) in [7, 11) is 0. The summed E-state index contributed by atoms with van der Waals surface area (Å²) < 4.78 is 1.98. The van der Waals surface area contributed by atoms with Gasteiger partial charge >= 0.3 is 0 Å². The number of carbonyl (C=O) groups excluding carboxylic acids is 3. The van der Waals surface area contributed by atoms with E-state index in [9.17, 15) is 14.4 Å². The topological polar surface area (TPSA) is 106 Å². The minimum absolute atomic E-state index is 0.109. The van der Waals surface area contributed by atoms with E-state index in [0.717, 1.165) is 17.3 Å². The third-order valence-corrected chi connectivity index (χ3v) is 5.07. The van der Waals surface area contributed by atoms with Crippen LogP contribution in [0.15, 0.2) is 48.5 Å². The normalized spacial score (nSPS) is 16.2. The number of rotatable bonds is 3. The summed E-state index contributed by atoms with van der Waals surface area (Å²) in [5.41, 5.74) is 7.85. The van der Waals surface area contributed by atoms with Crippen LogP contribution in [0, 0.1) is 0 Å². The Bertz CT molecular complexity index is 1120. The second-order valence-corrected chi connectivity index (χ2v) is 6.93. The van der Waals surface area contributed by atoms with Crippen molar-refractivity contribution >= 4 is 34.3 Å². The number of nitrogens with one attached hydrogen (secondary N) is 2. The Balaban J connectivity index is 1.73. The molecule has 1 aliphatic rings. The van der Waals surface area contributed by atoms with Gasteiger partial charge in [0.25, 0.3) is 17.7 Å². The van der Waals surface area contributed by atoms with Crippen molar-refractivity contribution in [3.63, 3.8) is 0 Å². The largest absolute Gasteiger partial charge is 0.366 e. The van der Waals surface area contributed by atoms with Gasteiger partial charge < -0.3 is 20.9 Å². The van der Waals surface area contributed by atoms with E-state index in [2.05, 4.69) is 17.6 Å². The number of nitrogens with two attached hydrogens (primary N) is 1. The number of amides is 3. The molecule has 4 rings (SSSR count). The van der Waals surface area contributed by atoms with Crippen molar-refractivity contribution in [1.29, 1.82) is 0 Å². The van der Waals surface area contributed by atoms with Gasteiger partial charge in [-0.3, -0.25) is 14.4 Å². The number of aromatic nitrogens is 1. The number of para-hydroxylation sites is 1. The highest BCUT2D eigenvalue weighted by Crippen LogP contribution is 2.28. The Kier molecular flexibility index (Phi) is 4.35. The third kappa shape index (κ3) is 3.00. The van der Waals surface area contributed by atoms with Crippen LogP contribution in [0.5, 0.6) is 0 Å². The molecule has 1 unspecified atom stereocenters. The number of fused-ring (bicyclic) bond motifs is 3. The molecule has 1 aliphatic heterocycles. The summed E-state index contributed by atoms with van der Waals surface area (Å²) in [6, 6.07) is 13.9. The first-order valence-electron chi connectivity index (χ1n) is 9.09. The molecule has 3 amide bonds. The van der Waals surface area contributed by atoms with E-state index in [1.807, 2.05) is 16.7 Å². The van der Waals surface area contributed by atoms with Gasteiger partial charge in [0.05, 0.1) is 11.3 Å². The number of hydrogen-bond acceptors (Lipinski definition) is 3. The first kappa shape index (κ1) is 17.8. The van der Waals surface area contributed by atoms with Gasteiger partial charge in [0, 0.05) is 29.1 Å². The molecule has 0 saturated carbocycles. The number of nitrogens with zero attached hydrogens (tertiary/aromatic N) is 1. The fraction of sp³-hybridized carbons (Fsp3) is 0.190. The molecular weight excluding hydrogens is 356 g/mol. The highest BCUT2D eigenvalue weighted by Gasteiger charge is 2.23. The van der Waals surface area contributed by atoms with Crippen molar-refractivity contribution in [1.82, 2.24) is 9.88 Å². The molecule has 2 heterocycles. The van der Waals surface area contributed by atoms with Gasteiger partial charge in [-0.05, 0) is 43.7 Å². The SMILES string of the molecule is CC1CCNC(=O)c2cc3ccc(C(=O)Nc4ccccc4C(N)=O)cc3n21. The first-order valence-corrected chi connectivity index (χ1v) is 9.09. The molecule has 3 aromatic rings. The summed E-state index contributed by atoms with van der Waals surface area (Å²) in [5, 5.41) is 6.54. The highest BCUT2D eigenvalue weighted by atomic mass is 16.2. The van der Waals surface area contributed by atoms with Gasteiger partial charge in [-0.25, -0.2) is 0 Å². The predicted octanol–water partition coefficient (Wildman–Crippen LogP) is 2.69. The van der Waals surface area contributed by atoms with Crippen LogP contribution in [0.2, 0.25) is 0 Å². The van der Waals surface area contributed by atoms with Gasteiger partial charge in [0.1, 0.15) is 5.69 Å². The predicted molar refractivity (Wildman–Crippen MR) is 107 cm³/mol. The van der Waals surface area contributed by atoms with Crippen LogP contribution >= 0.6 is 0 Å². The molecule has 0 fully saturated rings. The molecule has 0 radical (unpaired) electrons. The Morgan fingerprint density at radius 3 is 2.75 bits per heavy atom. The molecule has 0 saturated heterocycles. The maximum atomic E-state index is 12.8. The molecule has 28 heavy (non-hydrogen) atoms. The van der Waals surface area contributed by atoms with Crippen molar-refractivity contribution in [2.75, 3.05) is 11.9 Å². The fourth-order valence-electron chi connectivity index (χ4n) is 3.63. The van der Waals surface area contributed by atoms with Crippen LogP contribution in [-0.4, -0.2) is 28.8 Å². The molecule has 0 bridgehead atoms. The van der Waals surface area contributed by atoms with Crippen LogP contribution < -0.4 is 16.4 Å². The van der Waals surface area contributed by atoms with E-state index in [1.165, 1.54) is 0 Å². The zero-order chi connectivity index (χ0) is 19.8. The summed E-state index contributed by atoms with van der Waals surface area (Å²) in [4.78, 5) is 36.7. The summed E-state index contributed by atoms with van der Waals surface area (Å²) in [6.45, 7) is 2.67. The van der Waals surface area contributed by atoms with Crippen molar-refractivity contribution in [3.8, 4) is 0 Å². The van der Waals surface area contributed by atoms with E-state index in [0.29, 0.717) is 23.5 Å². The molecule has 1 aromatic heterocycles. The Hall–Kier alpha value is -3.61. The highest BCUT2D eigenvalue weighted by molar-refractivity contribution is 6.10. The van der Waals surface area contributed by atoms with Gasteiger partial charge in [0.15, 0.2) is 0 Å². The second-order valence-electron chi connectivity index (χ2n) is 6.93. The van der Waals surface area contributed by atoms with Crippen LogP contribution in [0.4, 0.5) is 5.69 Å². The zero-order valence-corrected chi connectivity index (χ0v) is 15.4. The van der Waals surface area contributed by atoms with Gasteiger partial charge in [-0.2, -0.15) is 0 Å². The maximum Gasteiger partial charge on any atom is 0.267 e. The summed E-state index contributed by atoms with van der Waals surface area (Å²) in [6.07, 6.45) is 0.810. The lowest BCUT2D eigenvalue weighted by Crippen LogP contribution is -2.22. The van der Waals surface area contributed by atoms with E-state index in [4.69, 9.17) is 5.73 Å². The molecule has 7 nitrogen and oxygen atoms in total. The van der Waals surface area contributed by atoms with E-state index >= 15 is 0 Å². The van der Waals surface area contributed by atoms with Crippen molar-refractivity contribution in [3.05, 3.63) is 65.4 Å². The molecule has 142 valence electrons. The van der Waals surface area contributed by atoms with Crippen molar-refractivity contribution in [2.24, 2.45) is 5.73 Å². The first-order chi connectivity index (χ1) is 13.5. The Morgan fingerprint density at radius 1 is 1.18 bits per heavy atom. The average molecular weight is 376 g/mol.